The Bertz CT molecular complexity index is 586. The highest BCUT2D eigenvalue weighted by Crippen LogP contribution is 2.27. The first-order chi connectivity index (χ1) is 9.08. The third-order valence-electron chi connectivity index (χ3n) is 2.47. The molecular formula is C14H10BrFO3. The molecule has 0 spiro atoms. The first kappa shape index (κ1) is 13.5. The molecular weight excluding hydrogens is 315 g/mol. The van der Waals surface area contributed by atoms with Crippen molar-refractivity contribution in [1.82, 2.24) is 0 Å². The predicted molar refractivity (Wildman–Crippen MR) is 71.5 cm³/mol. The average Bonchev–Trinajstić information content (AvgIpc) is 2.38. The molecule has 0 amide bonds. The first-order valence-corrected chi connectivity index (χ1v) is 6.26. The molecule has 0 aliphatic carbocycles. The zero-order chi connectivity index (χ0) is 13.8. The molecule has 0 bridgehead atoms. The Hall–Kier alpha value is -1.88. The van der Waals surface area contributed by atoms with E-state index in [1.807, 2.05) is 0 Å². The Morgan fingerprint density at radius 3 is 2.47 bits per heavy atom. The molecule has 2 aromatic carbocycles. The van der Waals surface area contributed by atoms with Gasteiger partial charge in [0, 0.05) is 10.0 Å². The van der Waals surface area contributed by atoms with Gasteiger partial charge in [0.1, 0.15) is 0 Å². The third kappa shape index (κ3) is 3.32. The van der Waals surface area contributed by atoms with Crippen LogP contribution < -0.4 is 4.74 Å². The molecule has 0 aromatic heterocycles. The molecule has 5 heteroatoms. The summed E-state index contributed by atoms with van der Waals surface area (Å²) in [7, 11) is 0. The topological polar surface area (TPSA) is 46.5 Å². The Kier molecular flexibility index (Phi) is 4.16. The van der Waals surface area contributed by atoms with Crippen molar-refractivity contribution in [3.05, 3.63) is 64.4 Å². The number of carboxylic acid groups (broad SMARTS) is 1. The van der Waals surface area contributed by atoms with Crippen LogP contribution >= 0.6 is 15.9 Å². The number of carboxylic acids is 1. The highest BCUT2D eigenvalue weighted by atomic mass is 79.9. The molecule has 1 N–H and O–H groups in total. The van der Waals surface area contributed by atoms with Gasteiger partial charge in [-0.2, -0.15) is 0 Å². The molecule has 0 heterocycles. The number of halogens is 2. The maximum absolute atomic E-state index is 13.6. The van der Waals surface area contributed by atoms with Crippen molar-refractivity contribution >= 4 is 21.9 Å². The Balaban J connectivity index is 2.29. The number of hydrogen-bond donors (Lipinski definition) is 1. The van der Waals surface area contributed by atoms with E-state index in [4.69, 9.17) is 4.74 Å². The lowest BCUT2D eigenvalue weighted by atomic mass is 10.1. The molecule has 0 unspecified atom stereocenters. The Morgan fingerprint density at radius 2 is 1.89 bits per heavy atom. The summed E-state index contributed by atoms with van der Waals surface area (Å²) in [6.45, 7) is 0. The zero-order valence-corrected chi connectivity index (χ0v) is 11.3. The van der Waals surface area contributed by atoms with Crippen LogP contribution in [0.4, 0.5) is 4.39 Å². The van der Waals surface area contributed by atoms with Crippen LogP contribution in [0.3, 0.4) is 0 Å². The van der Waals surface area contributed by atoms with Crippen LogP contribution in [0.15, 0.2) is 53.0 Å². The predicted octanol–water partition coefficient (Wildman–Crippen LogP) is 3.79. The van der Waals surface area contributed by atoms with Crippen LogP contribution in [0, 0.1) is 5.82 Å². The van der Waals surface area contributed by atoms with E-state index in [9.17, 15) is 14.3 Å². The number of carbonyl (C=O) groups is 1. The molecule has 2 rings (SSSR count). The number of ether oxygens (including phenoxy) is 1. The van der Waals surface area contributed by atoms with Gasteiger partial charge >= 0.3 is 5.97 Å². The largest absolute Gasteiger partial charge is 0.478 e. The summed E-state index contributed by atoms with van der Waals surface area (Å²) >= 11 is 3.12. The van der Waals surface area contributed by atoms with Crippen molar-refractivity contribution in [2.75, 3.05) is 0 Å². The Labute approximate surface area is 117 Å². The van der Waals surface area contributed by atoms with Crippen molar-refractivity contribution in [3.8, 4) is 5.75 Å². The van der Waals surface area contributed by atoms with Crippen LogP contribution in [-0.4, -0.2) is 11.1 Å². The molecule has 3 nitrogen and oxygen atoms in total. The van der Waals surface area contributed by atoms with E-state index >= 15 is 0 Å². The van der Waals surface area contributed by atoms with Gasteiger partial charge in [0.25, 0.3) is 0 Å². The minimum absolute atomic E-state index is 0.0977. The zero-order valence-electron chi connectivity index (χ0n) is 9.72. The summed E-state index contributed by atoms with van der Waals surface area (Å²) in [5, 5.41) is 9.18. The van der Waals surface area contributed by atoms with Gasteiger partial charge in [-0.1, -0.05) is 46.3 Å². The molecule has 0 saturated heterocycles. The fraction of sp³-hybridized carbons (Fsp3) is 0.0714. The fourth-order valence-corrected chi connectivity index (χ4v) is 1.92. The van der Waals surface area contributed by atoms with Gasteiger partial charge in [0.15, 0.2) is 11.6 Å². The number of hydrogen-bond acceptors (Lipinski definition) is 2. The van der Waals surface area contributed by atoms with Crippen LogP contribution in [-0.2, 0) is 4.79 Å². The van der Waals surface area contributed by atoms with Crippen molar-refractivity contribution in [2.45, 2.75) is 6.10 Å². The van der Waals surface area contributed by atoms with Crippen molar-refractivity contribution in [1.29, 1.82) is 0 Å². The summed E-state index contributed by atoms with van der Waals surface area (Å²) in [5.74, 6) is -1.88. The number of rotatable bonds is 4. The molecule has 0 saturated carbocycles. The fourth-order valence-electron chi connectivity index (χ4n) is 1.59. The highest BCUT2D eigenvalue weighted by molar-refractivity contribution is 9.10. The molecule has 98 valence electrons. The normalized spacial score (nSPS) is 11.9. The first-order valence-electron chi connectivity index (χ1n) is 5.47. The van der Waals surface area contributed by atoms with E-state index in [1.54, 1.807) is 36.4 Å². The lowest BCUT2D eigenvalue weighted by molar-refractivity contribution is -0.145. The van der Waals surface area contributed by atoms with E-state index in [1.165, 1.54) is 12.1 Å². The second kappa shape index (κ2) is 5.84. The molecule has 0 aliphatic rings. The van der Waals surface area contributed by atoms with Crippen LogP contribution in [0.2, 0.25) is 0 Å². The molecule has 1 atom stereocenters. The lowest BCUT2D eigenvalue weighted by Crippen LogP contribution is -2.18. The molecule has 0 aliphatic heterocycles. The maximum atomic E-state index is 13.6. The van der Waals surface area contributed by atoms with Crippen LogP contribution in [0.1, 0.15) is 11.7 Å². The summed E-state index contributed by atoms with van der Waals surface area (Å²) in [4.78, 5) is 11.2. The van der Waals surface area contributed by atoms with E-state index in [0.717, 1.165) is 0 Å². The molecule has 19 heavy (non-hydrogen) atoms. The van der Waals surface area contributed by atoms with Gasteiger partial charge in [0.05, 0.1) is 0 Å². The molecule has 0 radical (unpaired) electrons. The monoisotopic (exact) mass is 324 g/mol. The van der Waals surface area contributed by atoms with Gasteiger partial charge in [-0.25, -0.2) is 9.18 Å². The van der Waals surface area contributed by atoms with Crippen LogP contribution in [0.25, 0.3) is 0 Å². The van der Waals surface area contributed by atoms with E-state index in [0.29, 0.717) is 10.0 Å². The number of aliphatic carboxylic acids is 1. The maximum Gasteiger partial charge on any atom is 0.349 e. The van der Waals surface area contributed by atoms with Crippen molar-refractivity contribution < 1.29 is 19.0 Å². The van der Waals surface area contributed by atoms with Gasteiger partial charge in [-0.3, -0.25) is 0 Å². The van der Waals surface area contributed by atoms with Gasteiger partial charge < -0.3 is 9.84 Å². The van der Waals surface area contributed by atoms with Crippen molar-refractivity contribution in [2.24, 2.45) is 0 Å². The summed E-state index contributed by atoms with van der Waals surface area (Å²) < 4.78 is 19.5. The SMILES string of the molecule is O=C(O)[C@H](Oc1ccc(Br)cc1F)c1ccccc1. The highest BCUT2D eigenvalue weighted by Gasteiger charge is 2.22. The summed E-state index contributed by atoms with van der Waals surface area (Å²) in [6, 6.07) is 12.6. The summed E-state index contributed by atoms with van der Waals surface area (Å²) in [5.41, 5.74) is 0.456. The molecule has 2 aromatic rings. The van der Waals surface area contributed by atoms with Gasteiger partial charge in [-0.15, -0.1) is 0 Å². The minimum atomic E-state index is -1.24. The van der Waals surface area contributed by atoms with Gasteiger partial charge in [0.2, 0.25) is 6.10 Å². The quantitative estimate of drug-likeness (QED) is 0.930. The Morgan fingerprint density at radius 1 is 1.21 bits per heavy atom. The van der Waals surface area contributed by atoms with Crippen LogP contribution in [0.5, 0.6) is 5.75 Å². The standard InChI is InChI=1S/C14H10BrFO3/c15-10-6-7-12(11(16)8-10)19-13(14(17)18)9-4-2-1-3-5-9/h1-8,13H,(H,17,18)/t13-/m1/s1. The lowest BCUT2D eigenvalue weighted by Gasteiger charge is -2.16. The van der Waals surface area contributed by atoms with E-state index < -0.39 is 17.9 Å². The summed E-state index contributed by atoms with van der Waals surface area (Å²) in [6.07, 6.45) is -1.24. The smallest absolute Gasteiger partial charge is 0.349 e. The minimum Gasteiger partial charge on any atom is -0.478 e. The third-order valence-corrected chi connectivity index (χ3v) is 2.96. The average molecular weight is 325 g/mol. The van der Waals surface area contributed by atoms with E-state index in [2.05, 4.69) is 15.9 Å². The second-order valence-corrected chi connectivity index (χ2v) is 4.74. The van der Waals surface area contributed by atoms with Crippen molar-refractivity contribution in [3.63, 3.8) is 0 Å². The second-order valence-electron chi connectivity index (χ2n) is 3.82. The molecule has 0 fully saturated rings. The van der Waals surface area contributed by atoms with Gasteiger partial charge in [-0.05, 0) is 18.2 Å². The number of benzene rings is 2. The van der Waals surface area contributed by atoms with E-state index in [-0.39, 0.29) is 5.75 Å².